The van der Waals surface area contributed by atoms with Crippen LogP contribution in [-0.2, 0) is 6.54 Å². The van der Waals surface area contributed by atoms with Gasteiger partial charge < -0.3 is 15.2 Å². The fourth-order valence-electron chi connectivity index (χ4n) is 2.80. The van der Waals surface area contributed by atoms with Crippen LogP contribution in [0, 0.1) is 0 Å². The number of benzene rings is 1. The molecule has 1 saturated carbocycles. The molecule has 0 bridgehead atoms. The topological polar surface area (TPSA) is 41.5 Å². The highest BCUT2D eigenvalue weighted by Gasteiger charge is 2.26. The minimum atomic E-state index is 0.215. The van der Waals surface area contributed by atoms with Crippen molar-refractivity contribution >= 4 is 0 Å². The maximum absolute atomic E-state index is 10.2. The van der Waals surface area contributed by atoms with Gasteiger partial charge in [-0.3, -0.25) is 0 Å². The Hall–Kier alpha value is -1.22. The molecule has 0 spiro atoms. The Labute approximate surface area is 116 Å². The zero-order valence-corrected chi connectivity index (χ0v) is 12.0. The number of nitrogens with one attached hydrogen (secondary N) is 1. The molecule has 106 valence electrons. The summed E-state index contributed by atoms with van der Waals surface area (Å²) in [6.45, 7) is 5.48. The Balaban J connectivity index is 2.00. The van der Waals surface area contributed by atoms with Gasteiger partial charge >= 0.3 is 0 Å². The van der Waals surface area contributed by atoms with E-state index >= 15 is 0 Å². The van der Waals surface area contributed by atoms with Crippen molar-refractivity contribution in [1.82, 2.24) is 5.32 Å². The highest BCUT2D eigenvalue weighted by molar-refractivity contribution is 5.45. The van der Waals surface area contributed by atoms with Gasteiger partial charge in [-0.05, 0) is 32.8 Å². The summed E-state index contributed by atoms with van der Waals surface area (Å²) in [6.07, 6.45) is 6.39. The monoisotopic (exact) mass is 263 g/mol. The lowest BCUT2D eigenvalue weighted by Gasteiger charge is -2.35. The highest BCUT2D eigenvalue weighted by Crippen LogP contribution is 2.32. The molecule has 0 atom stereocenters. The first-order chi connectivity index (χ1) is 9.14. The molecule has 1 aliphatic carbocycles. The summed E-state index contributed by atoms with van der Waals surface area (Å²) in [6, 6.07) is 5.70. The molecule has 1 aliphatic rings. The maximum Gasteiger partial charge on any atom is 0.162 e. The van der Waals surface area contributed by atoms with E-state index in [1.165, 1.54) is 32.1 Å². The number of rotatable bonds is 5. The molecule has 2 rings (SSSR count). The summed E-state index contributed by atoms with van der Waals surface area (Å²) in [5.74, 6) is 0.854. The average Bonchev–Trinajstić information content (AvgIpc) is 2.41. The van der Waals surface area contributed by atoms with E-state index in [1.807, 2.05) is 25.1 Å². The van der Waals surface area contributed by atoms with Crippen LogP contribution in [0.4, 0.5) is 0 Å². The number of hydrogen-bond acceptors (Lipinski definition) is 3. The van der Waals surface area contributed by atoms with Crippen molar-refractivity contribution in [2.45, 2.75) is 58.0 Å². The molecule has 0 aromatic heterocycles. The normalized spacial score (nSPS) is 18.2. The van der Waals surface area contributed by atoms with Crippen LogP contribution in [-0.4, -0.2) is 17.3 Å². The van der Waals surface area contributed by atoms with Gasteiger partial charge in [-0.15, -0.1) is 0 Å². The van der Waals surface area contributed by atoms with Gasteiger partial charge in [0.05, 0.1) is 6.61 Å². The molecule has 0 radical (unpaired) electrons. The first-order valence-corrected chi connectivity index (χ1v) is 7.33. The predicted molar refractivity (Wildman–Crippen MR) is 77.6 cm³/mol. The molecular formula is C16H25NO2. The number of phenolic OH excluding ortho intramolecular Hbond substituents is 1. The third-order valence-electron chi connectivity index (χ3n) is 4.05. The molecule has 1 aromatic rings. The minimum Gasteiger partial charge on any atom is -0.504 e. The molecule has 3 nitrogen and oxygen atoms in total. The first-order valence-electron chi connectivity index (χ1n) is 7.33. The Bertz CT molecular complexity index is 411. The highest BCUT2D eigenvalue weighted by atomic mass is 16.5. The van der Waals surface area contributed by atoms with Gasteiger partial charge in [0.15, 0.2) is 11.5 Å². The van der Waals surface area contributed by atoms with Gasteiger partial charge in [0.25, 0.3) is 0 Å². The molecule has 0 unspecified atom stereocenters. The quantitative estimate of drug-likeness (QED) is 0.852. The van der Waals surface area contributed by atoms with Crippen molar-refractivity contribution in [2.75, 3.05) is 6.61 Å². The summed E-state index contributed by atoms with van der Waals surface area (Å²) in [7, 11) is 0. The molecule has 0 heterocycles. The number of aromatic hydroxyl groups is 1. The van der Waals surface area contributed by atoms with Crippen LogP contribution >= 0.6 is 0 Å². The smallest absolute Gasteiger partial charge is 0.162 e. The van der Waals surface area contributed by atoms with Crippen molar-refractivity contribution in [2.24, 2.45) is 0 Å². The van der Waals surface area contributed by atoms with E-state index < -0.39 is 0 Å². The van der Waals surface area contributed by atoms with Crippen LogP contribution in [0.5, 0.6) is 11.5 Å². The average molecular weight is 263 g/mol. The van der Waals surface area contributed by atoms with Crippen molar-refractivity contribution in [3.8, 4) is 11.5 Å². The second kappa shape index (κ2) is 6.29. The van der Waals surface area contributed by atoms with Gasteiger partial charge in [0, 0.05) is 17.6 Å². The largest absolute Gasteiger partial charge is 0.504 e. The van der Waals surface area contributed by atoms with E-state index in [1.54, 1.807) is 0 Å². The van der Waals surface area contributed by atoms with Crippen molar-refractivity contribution in [1.29, 1.82) is 0 Å². The molecule has 3 heteroatoms. The molecular weight excluding hydrogens is 238 g/mol. The molecule has 0 saturated heterocycles. The van der Waals surface area contributed by atoms with Crippen molar-refractivity contribution in [3.63, 3.8) is 0 Å². The van der Waals surface area contributed by atoms with Gasteiger partial charge in [-0.2, -0.15) is 0 Å². The number of hydrogen-bond donors (Lipinski definition) is 2. The summed E-state index contributed by atoms with van der Waals surface area (Å²) >= 11 is 0. The molecule has 1 aromatic carbocycles. The van der Waals surface area contributed by atoms with E-state index in [9.17, 15) is 5.11 Å². The Morgan fingerprint density at radius 3 is 2.68 bits per heavy atom. The lowest BCUT2D eigenvalue weighted by Crippen LogP contribution is -2.43. The standard InChI is InChI=1S/C16H25NO2/c1-3-19-14-9-7-8-13(15(14)18)12-17-16(2)10-5-4-6-11-16/h7-9,17-18H,3-6,10-12H2,1-2H3. The van der Waals surface area contributed by atoms with E-state index in [0.717, 1.165) is 5.56 Å². The van der Waals surface area contributed by atoms with Crippen molar-refractivity contribution < 1.29 is 9.84 Å². The molecule has 0 aliphatic heterocycles. The second-order valence-electron chi connectivity index (χ2n) is 5.67. The van der Waals surface area contributed by atoms with E-state index in [4.69, 9.17) is 4.74 Å². The first kappa shape index (κ1) is 14.2. The fraction of sp³-hybridized carbons (Fsp3) is 0.625. The van der Waals surface area contributed by atoms with Crippen LogP contribution < -0.4 is 10.1 Å². The van der Waals surface area contributed by atoms with Crippen LogP contribution in [0.3, 0.4) is 0 Å². The molecule has 19 heavy (non-hydrogen) atoms. The van der Waals surface area contributed by atoms with Gasteiger partial charge in [0.1, 0.15) is 0 Å². The zero-order chi connectivity index (χ0) is 13.7. The van der Waals surface area contributed by atoms with Gasteiger partial charge in [-0.25, -0.2) is 0 Å². The molecule has 1 fully saturated rings. The predicted octanol–water partition coefficient (Wildman–Crippen LogP) is 3.60. The van der Waals surface area contributed by atoms with E-state index in [0.29, 0.717) is 18.9 Å². The lowest BCUT2D eigenvalue weighted by atomic mass is 9.83. The van der Waals surface area contributed by atoms with Crippen LogP contribution in [0.1, 0.15) is 51.5 Å². The van der Waals surface area contributed by atoms with Crippen LogP contribution in [0.15, 0.2) is 18.2 Å². The number of para-hydroxylation sites is 1. The zero-order valence-electron chi connectivity index (χ0n) is 12.0. The third-order valence-corrected chi connectivity index (χ3v) is 4.05. The second-order valence-corrected chi connectivity index (χ2v) is 5.67. The summed E-state index contributed by atoms with van der Waals surface area (Å²) in [5, 5.41) is 13.8. The minimum absolute atomic E-state index is 0.215. The molecule has 0 amide bonds. The Kier molecular flexibility index (Phi) is 4.70. The number of ether oxygens (including phenoxy) is 1. The van der Waals surface area contributed by atoms with E-state index in [-0.39, 0.29) is 11.3 Å². The molecule has 2 N–H and O–H groups in total. The Morgan fingerprint density at radius 1 is 1.26 bits per heavy atom. The van der Waals surface area contributed by atoms with E-state index in [2.05, 4.69) is 12.2 Å². The number of phenols is 1. The van der Waals surface area contributed by atoms with Crippen LogP contribution in [0.2, 0.25) is 0 Å². The summed E-state index contributed by atoms with van der Waals surface area (Å²) < 4.78 is 5.42. The Morgan fingerprint density at radius 2 is 2.00 bits per heavy atom. The SMILES string of the molecule is CCOc1cccc(CNC2(C)CCCCC2)c1O. The summed E-state index contributed by atoms with van der Waals surface area (Å²) in [5.41, 5.74) is 1.13. The third kappa shape index (κ3) is 3.63. The maximum atomic E-state index is 10.2. The van der Waals surface area contributed by atoms with Gasteiger partial charge in [-0.1, -0.05) is 31.4 Å². The van der Waals surface area contributed by atoms with Gasteiger partial charge in [0.2, 0.25) is 0 Å². The summed E-state index contributed by atoms with van der Waals surface area (Å²) in [4.78, 5) is 0. The van der Waals surface area contributed by atoms with Crippen LogP contribution in [0.25, 0.3) is 0 Å². The fourth-order valence-corrected chi connectivity index (χ4v) is 2.80. The van der Waals surface area contributed by atoms with Crippen molar-refractivity contribution in [3.05, 3.63) is 23.8 Å². The lowest BCUT2D eigenvalue weighted by molar-refractivity contribution is 0.250.